The fraction of sp³-hybridized carbons (Fsp3) is 0.750. The molecule has 0 unspecified atom stereocenters. The van der Waals surface area contributed by atoms with Gasteiger partial charge in [0.05, 0.1) is 6.61 Å². The Hall–Kier alpha value is -0.219. The third-order valence-corrected chi connectivity index (χ3v) is 12.4. The molecule has 0 aliphatic heterocycles. The number of ether oxygens (including phenoxy) is 1. The molecule has 0 spiro atoms. The molecule has 0 heterocycles. The fourth-order valence-electron chi connectivity index (χ4n) is 1.90. The minimum atomic E-state index is -2.35. The Morgan fingerprint density at radius 3 is 1.84 bits per heavy atom. The third kappa shape index (κ3) is 7.21. The van der Waals surface area contributed by atoms with Gasteiger partial charge in [-0.15, -0.1) is 0 Å². The van der Waals surface area contributed by atoms with E-state index in [1.165, 1.54) is 0 Å². The van der Waals surface area contributed by atoms with E-state index in [0.29, 0.717) is 11.8 Å². The summed E-state index contributed by atoms with van der Waals surface area (Å²) in [6, 6.07) is 0. The van der Waals surface area contributed by atoms with Crippen LogP contribution in [0.1, 0.15) is 6.92 Å². The van der Waals surface area contributed by atoms with Gasteiger partial charge in [0.2, 0.25) is 8.32 Å². The molecular weight excluding hydrogens is 292 g/mol. The van der Waals surface area contributed by atoms with Crippen LogP contribution in [0, 0.1) is 0 Å². The van der Waals surface area contributed by atoms with Crippen LogP contribution in [0.2, 0.25) is 45.8 Å². The highest BCUT2D eigenvalue weighted by atomic mass is 28.5. The SMILES string of the molecule is C=C(C(=O)OCC)[Si](C)(C)O[Si](C)(C)O[Si](C)(C)C. The third-order valence-electron chi connectivity index (χ3n) is 2.30. The topological polar surface area (TPSA) is 44.8 Å². The van der Waals surface area contributed by atoms with E-state index >= 15 is 0 Å². The Bertz CT molecular complexity index is 345. The van der Waals surface area contributed by atoms with Crippen molar-refractivity contribution in [1.82, 2.24) is 0 Å². The van der Waals surface area contributed by atoms with Crippen molar-refractivity contribution in [3.8, 4) is 0 Å². The molecule has 0 N–H and O–H groups in total. The van der Waals surface area contributed by atoms with Gasteiger partial charge in [-0.3, -0.25) is 0 Å². The molecule has 0 fully saturated rings. The smallest absolute Gasteiger partial charge is 0.331 e. The van der Waals surface area contributed by atoms with Gasteiger partial charge in [-0.25, -0.2) is 4.79 Å². The van der Waals surface area contributed by atoms with Crippen LogP contribution in [0.4, 0.5) is 0 Å². The van der Waals surface area contributed by atoms with E-state index in [-0.39, 0.29) is 5.97 Å². The van der Waals surface area contributed by atoms with E-state index in [2.05, 4.69) is 26.2 Å². The summed E-state index contributed by atoms with van der Waals surface area (Å²) in [5.41, 5.74) is 0. The van der Waals surface area contributed by atoms with Gasteiger partial charge in [-0.05, 0) is 52.8 Å². The summed E-state index contributed by atoms with van der Waals surface area (Å²) < 4.78 is 17.4. The quantitative estimate of drug-likeness (QED) is 0.409. The largest absolute Gasteiger partial charge is 0.463 e. The highest BCUT2D eigenvalue weighted by Gasteiger charge is 2.41. The van der Waals surface area contributed by atoms with E-state index in [4.69, 9.17) is 13.0 Å². The van der Waals surface area contributed by atoms with Crippen LogP contribution in [0.3, 0.4) is 0 Å². The van der Waals surface area contributed by atoms with Gasteiger partial charge in [-0.2, -0.15) is 0 Å². The van der Waals surface area contributed by atoms with E-state index in [0.717, 1.165) is 0 Å². The molecule has 4 nitrogen and oxygen atoms in total. The minimum Gasteiger partial charge on any atom is -0.463 e. The molecular formula is C12H28O4Si3. The number of esters is 1. The molecule has 0 aromatic rings. The lowest BCUT2D eigenvalue weighted by Gasteiger charge is -2.37. The molecule has 0 atom stereocenters. The molecule has 0 bridgehead atoms. The molecule has 0 rings (SSSR count). The lowest BCUT2D eigenvalue weighted by Crippen LogP contribution is -2.53. The van der Waals surface area contributed by atoms with E-state index in [1.807, 2.05) is 26.2 Å². The second kappa shape index (κ2) is 6.49. The van der Waals surface area contributed by atoms with Crippen LogP contribution in [0.25, 0.3) is 0 Å². The van der Waals surface area contributed by atoms with Crippen molar-refractivity contribution >= 4 is 31.2 Å². The summed E-state index contributed by atoms with van der Waals surface area (Å²) in [7, 11) is -6.26. The predicted octanol–water partition coefficient (Wildman–Crippen LogP) is 3.42. The van der Waals surface area contributed by atoms with E-state index in [9.17, 15) is 4.79 Å². The first-order chi connectivity index (χ1) is 8.31. The van der Waals surface area contributed by atoms with Crippen molar-refractivity contribution in [3.05, 3.63) is 11.8 Å². The Kier molecular flexibility index (Phi) is 6.41. The Labute approximate surface area is 120 Å². The minimum absolute atomic E-state index is 0.350. The predicted molar refractivity (Wildman–Crippen MR) is 86.3 cm³/mol. The maximum atomic E-state index is 11.8. The van der Waals surface area contributed by atoms with Crippen molar-refractivity contribution in [1.29, 1.82) is 0 Å². The highest BCUT2D eigenvalue weighted by Crippen LogP contribution is 2.24. The fourth-order valence-corrected chi connectivity index (χ4v) is 14.3. The Balaban J connectivity index is 4.84. The zero-order valence-electron chi connectivity index (χ0n) is 13.5. The first-order valence-electron chi connectivity index (χ1n) is 6.57. The zero-order chi connectivity index (χ0) is 15.5. The van der Waals surface area contributed by atoms with Gasteiger partial charge in [-0.1, -0.05) is 6.58 Å². The maximum absolute atomic E-state index is 11.8. The molecule has 7 heteroatoms. The Morgan fingerprint density at radius 2 is 1.47 bits per heavy atom. The number of rotatable bonds is 7. The standard InChI is InChI=1S/C12H28O4Si3/c1-10-14-12(13)11(2)18(6,7)16-19(8,9)15-17(3,4)5/h2,10H2,1,3-9H3. The molecule has 0 aromatic carbocycles. The van der Waals surface area contributed by atoms with Gasteiger partial charge >= 0.3 is 14.5 Å². The average molecular weight is 321 g/mol. The first-order valence-corrected chi connectivity index (χ1v) is 15.7. The molecule has 0 radical (unpaired) electrons. The molecule has 0 aliphatic carbocycles. The van der Waals surface area contributed by atoms with Gasteiger partial charge in [0, 0.05) is 5.20 Å². The van der Waals surface area contributed by atoms with Crippen LogP contribution < -0.4 is 0 Å². The summed E-state index contributed by atoms with van der Waals surface area (Å²) in [5.74, 6) is -0.350. The van der Waals surface area contributed by atoms with Crippen LogP contribution in [0.15, 0.2) is 11.8 Å². The lowest BCUT2D eigenvalue weighted by atomic mass is 10.6. The number of hydrogen-bond donors (Lipinski definition) is 0. The molecule has 112 valence electrons. The van der Waals surface area contributed by atoms with Crippen molar-refractivity contribution in [2.75, 3.05) is 6.61 Å². The zero-order valence-corrected chi connectivity index (χ0v) is 16.5. The number of carbonyl (C=O) groups excluding carboxylic acids is 1. The van der Waals surface area contributed by atoms with Gasteiger partial charge < -0.3 is 13.0 Å². The molecule has 0 saturated carbocycles. The maximum Gasteiger partial charge on any atom is 0.331 e. The molecule has 0 aliphatic rings. The lowest BCUT2D eigenvalue weighted by molar-refractivity contribution is -0.137. The molecule has 0 aromatic heterocycles. The summed E-state index contributed by atoms with van der Waals surface area (Å²) in [5, 5.41) is 0.467. The van der Waals surface area contributed by atoms with Crippen LogP contribution in [-0.2, 0) is 17.8 Å². The second-order valence-corrected chi connectivity index (χ2v) is 18.7. The van der Waals surface area contributed by atoms with E-state index in [1.54, 1.807) is 6.92 Å². The second-order valence-electron chi connectivity index (χ2n) is 6.43. The van der Waals surface area contributed by atoms with Crippen LogP contribution >= 0.6 is 0 Å². The normalized spacial score (nSPS) is 13.3. The molecule has 19 heavy (non-hydrogen) atoms. The summed E-state index contributed by atoms with van der Waals surface area (Å²) in [6.45, 7) is 20.4. The summed E-state index contributed by atoms with van der Waals surface area (Å²) >= 11 is 0. The highest BCUT2D eigenvalue weighted by molar-refractivity contribution is 6.91. The van der Waals surface area contributed by atoms with Gasteiger partial charge in [0.1, 0.15) is 0 Å². The van der Waals surface area contributed by atoms with Gasteiger partial charge in [0.15, 0.2) is 8.32 Å². The van der Waals surface area contributed by atoms with Crippen molar-refractivity contribution in [2.24, 2.45) is 0 Å². The first kappa shape index (κ1) is 18.8. The van der Waals surface area contributed by atoms with Crippen LogP contribution in [-0.4, -0.2) is 37.8 Å². The number of carbonyl (C=O) groups is 1. The average Bonchev–Trinajstić information content (AvgIpc) is 2.10. The van der Waals surface area contributed by atoms with Crippen molar-refractivity contribution < 1.29 is 17.8 Å². The monoisotopic (exact) mass is 320 g/mol. The molecule has 0 saturated heterocycles. The van der Waals surface area contributed by atoms with Gasteiger partial charge in [0.25, 0.3) is 0 Å². The summed E-state index contributed by atoms with van der Waals surface area (Å²) in [6.07, 6.45) is 0. The van der Waals surface area contributed by atoms with Crippen LogP contribution in [0.5, 0.6) is 0 Å². The van der Waals surface area contributed by atoms with Crippen molar-refractivity contribution in [2.45, 2.75) is 52.8 Å². The van der Waals surface area contributed by atoms with E-state index < -0.39 is 25.2 Å². The molecule has 0 amide bonds. The number of hydrogen-bond acceptors (Lipinski definition) is 4. The summed E-state index contributed by atoms with van der Waals surface area (Å²) in [4.78, 5) is 11.8. The Morgan fingerprint density at radius 1 is 1.00 bits per heavy atom. The van der Waals surface area contributed by atoms with Crippen molar-refractivity contribution in [3.63, 3.8) is 0 Å².